The monoisotopic (exact) mass is 212 g/mol. The van der Waals surface area contributed by atoms with Gasteiger partial charge >= 0.3 is 0 Å². The van der Waals surface area contributed by atoms with Gasteiger partial charge in [0.1, 0.15) is 0 Å². The Balaban J connectivity index is 2.58. The first-order valence-electron chi connectivity index (χ1n) is 3.92. The molecule has 5 nitrogen and oxygen atoms in total. The van der Waals surface area contributed by atoms with Crippen LogP contribution in [0.4, 0.5) is 20.4 Å². The molecule has 78 valence electrons. The molecule has 0 bridgehead atoms. The number of aromatic nitrogens is 2. The quantitative estimate of drug-likeness (QED) is 0.692. The second-order valence-corrected chi connectivity index (χ2v) is 2.81. The van der Waals surface area contributed by atoms with Crippen LogP contribution in [0.5, 0.6) is 0 Å². The molecule has 15 heavy (non-hydrogen) atoms. The summed E-state index contributed by atoms with van der Waals surface area (Å²) in [5.41, 5.74) is 10.8. The summed E-state index contributed by atoms with van der Waals surface area (Å²) < 4.78 is 30.3. The highest BCUT2D eigenvalue weighted by Gasteiger charge is 2.14. The number of halogens is 2. The number of nitrogens with zero attached hydrogens (tertiary/aromatic N) is 2. The van der Waals surface area contributed by atoms with E-state index >= 15 is 0 Å². The largest absolute Gasteiger partial charge is 0.398 e. The number of hydrogen-bond donors (Lipinski definition) is 2. The summed E-state index contributed by atoms with van der Waals surface area (Å²) in [6.45, 7) is 0. The standard InChI is InChI=1S/C8H6F2N4O/c9-4-1-3(6(11)2-5(4)10)7-13-8(12)14-15-7/h1-2H,11H2,(H2,12,14). The minimum atomic E-state index is -1.05. The molecule has 7 heteroatoms. The van der Waals surface area contributed by atoms with Crippen LogP contribution in [0.3, 0.4) is 0 Å². The average molecular weight is 212 g/mol. The van der Waals surface area contributed by atoms with Crippen molar-refractivity contribution in [3.63, 3.8) is 0 Å². The van der Waals surface area contributed by atoms with Gasteiger partial charge in [0.2, 0.25) is 0 Å². The Morgan fingerprint density at radius 1 is 1.13 bits per heavy atom. The van der Waals surface area contributed by atoms with Crippen LogP contribution in [0.15, 0.2) is 16.7 Å². The minimum Gasteiger partial charge on any atom is -0.398 e. The Morgan fingerprint density at radius 2 is 1.80 bits per heavy atom. The van der Waals surface area contributed by atoms with Crippen LogP contribution in [0.25, 0.3) is 11.5 Å². The van der Waals surface area contributed by atoms with Gasteiger partial charge in [0.15, 0.2) is 11.6 Å². The van der Waals surface area contributed by atoms with Gasteiger partial charge < -0.3 is 16.0 Å². The highest BCUT2D eigenvalue weighted by atomic mass is 19.2. The molecule has 0 aliphatic heterocycles. The molecule has 0 aliphatic rings. The van der Waals surface area contributed by atoms with Crippen LogP contribution >= 0.6 is 0 Å². The van der Waals surface area contributed by atoms with E-state index in [1.807, 2.05) is 0 Å². The lowest BCUT2D eigenvalue weighted by Gasteiger charge is -2.01. The predicted molar refractivity (Wildman–Crippen MR) is 48.5 cm³/mol. The van der Waals surface area contributed by atoms with Crippen molar-refractivity contribution in [3.8, 4) is 11.5 Å². The van der Waals surface area contributed by atoms with E-state index in [1.165, 1.54) is 0 Å². The number of rotatable bonds is 1. The molecule has 0 saturated heterocycles. The Bertz CT molecular complexity index is 511. The number of hydrogen-bond acceptors (Lipinski definition) is 5. The second-order valence-electron chi connectivity index (χ2n) is 2.81. The Morgan fingerprint density at radius 3 is 2.40 bits per heavy atom. The first-order chi connectivity index (χ1) is 7.08. The summed E-state index contributed by atoms with van der Waals surface area (Å²) in [4.78, 5) is 3.64. The molecule has 0 spiro atoms. The van der Waals surface area contributed by atoms with Gasteiger partial charge in [0, 0.05) is 11.8 Å². The first-order valence-corrected chi connectivity index (χ1v) is 3.92. The number of nitrogens with two attached hydrogens (primary N) is 2. The third-order valence-corrected chi connectivity index (χ3v) is 1.76. The molecular weight excluding hydrogens is 206 g/mol. The molecule has 2 rings (SSSR count). The molecule has 1 aromatic heterocycles. The van der Waals surface area contributed by atoms with Crippen molar-refractivity contribution in [3.05, 3.63) is 23.8 Å². The van der Waals surface area contributed by atoms with Gasteiger partial charge in [-0.2, -0.15) is 4.98 Å². The van der Waals surface area contributed by atoms with E-state index in [9.17, 15) is 8.78 Å². The third-order valence-electron chi connectivity index (χ3n) is 1.76. The number of nitrogen functional groups attached to an aromatic ring is 2. The van der Waals surface area contributed by atoms with E-state index in [0.29, 0.717) is 0 Å². The summed E-state index contributed by atoms with van der Waals surface area (Å²) >= 11 is 0. The molecule has 4 N–H and O–H groups in total. The molecule has 0 unspecified atom stereocenters. The van der Waals surface area contributed by atoms with E-state index in [4.69, 9.17) is 11.5 Å². The van der Waals surface area contributed by atoms with Gasteiger partial charge in [-0.3, -0.25) is 0 Å². The molecule has 1 aromatic carbocycles. The average Bonchev–Trinajstić information content (AvgIpc) is 2.58. The fraction of sp³-hybridized carbons (Fsp3) is 0. The summed E-state index contributed by atoms with van der Waals surface area (Å²) in [6, 6.07) is 1.71. The van der Waals surface area contributed by atoms with Gasteiger partial charge in [0.05, 0.1) is 5.56 Å². The fourth-order valence-electron chi connectivity index (χ4n) is 1.09. The topological polar surface area (TPSA) is 91.0 Å². The maximum absolute atomic E-state index is 12.9. The summed E-state index contributed by atoms with van der Waals surface area (Å²) in [7, 11) is 0. The molecule has 0 fully saturated rings. The Labute approximate surface area is 82.7 Å². The maximum Gasteiger partial charge on any atom is 0.261 e. The van der Waals surface area contributed by atoms with E-state index in [2.05, 4.69) is 14.7 Å². The fourth-order valence-corrected chi connectivity index (χ4v) is 1.09. The van der Waals surface area contributed by atoms with Crippen molar-refractivity contribution in [1.29, 1.82) is 0 Å². The van der Waals surface area contributed by atoms with E-state index in [1.54, 1.807) is 0 Å². The van der Waals surface area contributed by atoms with Crippen molar-refractivity contribution < 1.29 is 13.3 Å². The van der Waals surface area contributed by atoms with Crippen molar-refractivity contribution >= 4 is 11.6 Å². The lowest BCUT2D eigenvalue weighted by atomic mass is 10.1. The van der Waals surface area contributed by atoms with Crippen LogP contribution in [-0.4, -0.2) is 10.1 Å². The van der Waals surface area contributed by atoms with Crippen LogP contribution in [0.2, 0.25) is 0 Å². The summed E-state index contributed by atoms with van der Waals surface area (Å²) in [5, 5.41) is 3.31. The second kappa shape index (κ2) is 3.19. The van der Waals surface area contributed by atoms with Gasteiger partial charge in [-0.1, -0.05) is 0 Å². The van der Waals surface area contributed by atoms with Crippen molar-refractivity contribution in [2.24, 2.45) is 0 Å². The third kappa shape index (κ3) is 1.58. The number of anilines is 2. The Hall–Kier alpha value is -2.18. The smallest absolute Gasteiger partial charge is 0.261 e. The van der Waals surface area contributed by atoms with Gasteiger partial charge in [-0.15, -0.1) is 0 Å². The zero-order valence-electron chi connectivity index (χ0n) is 7.37. The zero-order valence-corrected chi connectivity index (χ0v) is 7.37. The summed E-state index contributed by atoms with van der Waals surface area (Å²) in [5.74, 6) is -2.24. The lowest BCUT2D eigenvalue weighted by molar-refractivity contribution is 0.432. The lowest BCUT2D eigenvalue weighted by Crippen LogP contribution is -1.95. The zero-order chi connectivity index (χ0) is 11.0. The van der Waals surface area contributed by atoms with E-state index < -0.39 is 11.6 Å². The van der Waals surface area contributed by atoms with Gasteiger partial charge in [0.25, 0.3) is 11.8 Å². The van der Waals surface area contributed by atoms with Crippen LogP contribution in [0.1, 0.15) is 0 Å². The maximum atomic E-state index is 12.9. The van der Waals surface area contributed by atoms with Crippen molar-refractivity contribution in [2.45, 2.75) is 0 Å². The highest BCUT2D eigenvalue weighted by molar-refractivity contribution is 5.70. The molecule has 0 radical (unpaired) electrons. The SMILES string of the molecule is Nc1noc(-c2cc(F)c(F)cc2N)n1. The van der Waals surface area contributed by atoms with Crippen LogP contribution in [0, 0.1) is 11.6 Å². The van der Waals surface area contributed by atoms with E-state index in [-0.39, 0.29) is 23.1 Å². The highest BCUT2D eigenvalue weighted by Crippen LogP contribution is 2.26. The van der Waals surface area contributed by atoms with Crippen molar-refractivity contribution in [2.75, 3.05) is 11.5 Å². The van der Waals surface area contributed by atoms with Crippen LogP contribution in [-0.2, 0) is 0 Å². The number of benzene rings is 1. The molecule has 0 aliphatic carbocycles. The van der Waals surface area contributed by atoms with Crippen molar-refractivity contribution in [1.82, 2.24) is 10.1 Å². The molecule has 0 saturated carbocycles. The summed E-state index contributed by atoms with van der Waals surface area (Å²) in [6.07, 6.45) is 0. The molecular formula is C8H6F2N4O. The normalized spacial score (nSPS) is 10.5. The molecule has 2 aromatic rings. The van der Waals surface area contributed by atoms with Gasteiger partial charge in [-0.05, 0) is 11.2 Å². The minimum absolute atomic E-state index is 0.00227. The molecule has 0 amide bonds. The first kappa shape index (κ1) is 9.38. The molecule has 0 atom stereocenters. The predicted octanol–water partition coefficient (Wildman–Crippen LogP) is 1.18. The van der Waals surface area contributed by atoms with Crippen LogP contribution < -0.4 is 11.5 Å². The molecule has 1 heterocycles. The van der Waals surface area contributed by atoms with E-state index in [0.717, 1.165) is 12.1 Å². The Kier molecular flexibility index (Phi) is 2.00. The van der Waals surface area contributed by atoms with Gasteiger partial charge in [-0.25, -0.2) is 8.78 Å².